The third-order valence-electron chi connectivity index (χ3n) is 6.20. The second-order valence-electron chi connectivity index (χ2n) is 9.46. The highest BCUT2D eigenvalue weighted by molar-refractivity contribution is 7.17. The molecule has 1 amide bonds. The smallest absolute Gasteiger partial charge is 0.238 e. The first kappa shape index (κ1) is 24.6. The summed E-state index contributed by atoms with van der Waals surface area (Å²) in [6.45, 7) is 1.85. The molecule has 0 bridgehead atoms. The zero-order valence-electron chi connectivity index (χ0n) is 21.4. The first-order chi connectivity index (χ1) is 18.9. The van der Waals surface area contributed by atoms with E-state index >= 15 is 0 Å². The molecule has 0 unspecified atom stereocenters. The molecular formula is C28H24N8O2S. The van der Waals surface area contributed by atoms with Gasteiger partial charge < -0.3 is 15.2 Å². The number of fused-ring (bicyclic) bond motifs is 2. The number of Topliss-reactive ketones (excluding diaryl/α,β-unsaturated/α-hetero) is 1. The first-order valence-electron chi connectivity index (χ1n) is 12.2. The molecule has 0 aromatic carbocycles. The van der Waals surface area contributed by atoms with Crippen LogP contribution in [0.3, 0.4) is 0 Å². The summed E-state index contributed by atoms with van der Waals surface area (Å²) < 4.78 is 0. The van der Waals surface area contributed by atoms with Crippen LogP contribution < -0.4 is 5.32 Å². The molecule has 0 aliphatic heterocycles. The molecule has 0 saturated heterocycles. The highest BCUT2D eigenvalue weighted by Gasteiger charge is 2.17. The monoisotopic (exact) mass is 536 g/mol. The van der Waals surface area contributed by atoms with Gasteiger partial charge in [-0.15, -0.1) is 11.3 Å². The molecule has 11 heteroatoms. The number of amides is 1. The SMILES string of the molecule is CC(=O)c1ccc(-c2cncc3[nH]c(-c4n[nH]c5ccc(-c6cncc(NC(=O)CN(C)C)c6)nc45)cc23)s1. The fraction of sp³-hybridized carbons (Fsp3) is 0.143. The molecule has 10 nitrogen and oxygen atoms in total. The molecule has 0 spiro atoms. The van der Waals surface area contributed by atoms with Crippen LogP contribution in [0.2, 0.25) is 0 Å². The third kappa shape index (κ3) is 4.80. The molecule has 0 saturated carbocycles. The lowest BCUT2D eigenvalue weighted by Gasteiger charge is -2.10. The van der Waals surface area contributed by atoms with Crippen molar-refractivity contribution in [3.8, 4) is 33.1 Å². The average molecular weight is 537 g/mol. The molecule has 6 aromatic heterocycles. The summed E-state index contributed by atoms with van der Waals surface area (Å²) in [7, 11) is 3.68. The van der Waals surface area contributed by atoms with E-state index in [0.717, 1.165) is 38.1 Å². The van der Waals surface area contributed by atoms with E-state index in [9.17, 15) is 9.59 Å². The molecule has 6 aromatic rings. The maximum atomic E-state index is 12.2. The number of aromatic amines is 2. The predicted molar refractivity (Wildman–Crippen MR) is 153 cm³/mol. The summed E-state index contributed by atoms with van der Waals surface area (Å²) in [5, 5.41) is 11.5. The van der Waals surface area contributed by atoms with Crippen LogP contribution in [0.4, 0.5) is 5.69 Å². The summed E-state index contributed by atoms with van der Waals surface area (Å²) >= 11 is 1.45. The van der Waals surface area contributed by atoms with Gasteiger partial charge in [0, 0.05) is 33.8 Å². The largest absolute Gasteiger partial charge is 0.352 e. The number of carbonyl (C=O) groups excluding carboxylic acids is 2. The van der Waals surface area contributed by atoms with Crippen LogP contribution in [0, 0.1) is 0 Å². The van der Waals surface area contributed by atoms with Crippen molar-refractivity contribution in [1.29, 1.82) is 0 Å². The van der Waals surface area contributed by atoms with Crippen molar-refractivity contribution in [3.63, 3.8) is 0 Å². The fourth-order valence-electron chi connectivity index (χ4n) is 4.43. The topological polar surface area (TPSA) is 133 Å². The molecular weight excluding hydrogens is 512 g/mol. The zero-order chi connectivity index (χ0) is 27.1. The van der Waals surface area contributed by atoms with Gasteiger partial charge in [-0.1, -0.05) is 0 Å². The molecule has 0 fully saturated rings. The van der Waals surface area contributed by atoms with Gasteiger partial charge in [-0.05, 0) is 57.4 Å². The number of aromatic nitrogens is 6. The molecule has 6 rings (SSSR count). The van der Waals surface area contributed by atoms with E-state index < -0.39 is 0 Å². The van der Waals surface area contributed by atoms with Crippen molar-refractivity contribution in [1.82, 2.24) is 35.0 Å². The number of anilines is 1. The van der Waals surface area contributed by atoms with Crippen LogP contribution in [-0.4, -0.2) is 67.4 Å². The number of likely N-dealkylation sites (N-methyl/N-ethyl adjacent to an activating group) is 1. The number of nitrogens with one attached hydrogen (secondary N) is 3. The maximum absolute atomic E-state index is 12.2. The second kappa shape index (κ2) is 9.86. The molecule has 0 radical (unpaired) electrons. The quantitative estimate of drug-likeness (QED) is 0.245. The Morgan fingerprint density at radius 1 is 1.00 bits per heavy atom. The maximum Gasteiger partial charge on any atom is 0.238 e. The summed E-state index contributed by atoms with van der Waals surface area (Å²) in [5.74, 6) is -0.0742. The van der Waals surface area contributed by atoms with Gasteiger partial charge in [0.2, 0.25) is 5.91 Å². The van der Waals surface area contributed by atoms with E-state index in [0.29, 0.717) is 27.5 Å². The van der Waals surface area contributed by atoms with Gasteiger partial charge in [-0.2, -0.15) is 5.10 Å². The molecule has 6 heterocycles. The second-order valence-corrected chi connectivity index (χ2v) is 10.5. The molecule has 3 N–H and O–H groups in total. The highest BCUT2D eigenvalue weighted by Crippen LogP contribution is 2.36. The van der Waals surface area contributed by atoms with Crippen molar-refractivity contribution < 1.29 is 9.59 Å². The van der Waals surface area contributed by atoms with Gasteiger partial charge in [-0.3, -0.25) is 24.7 Å². The van der Waals surface area contributed by atoms with E-state index in [-0.39, 0.29) is 18.2 Å². The van der Waals surface area contributed by atoms with Crippen LogP contribution in [0.5, 0.6) is 0 Å². The number of rotatable bonds is 7. The minimum atomic E-state index is -0.118. The molecule has 0 aliphatic rings. The molecule has 0 atom stereocenters. The number of hydrogen-bond donors (Lipinski definition) is 3. The summed E-state index contributed by atoms with van der Waals surface area (Å²) in [6, 6.07) is 11.5. The van der Waals surface area contributed by atoms with Crippen LogP contribution in [0.15, 0.2) is 61.2 Å². The first-order valence-corrected chi connectivity index (χ1v) is 13.0. The molecule has 0 aliphatic carbocycles. The molecule has 39 heavy (non-hydrogen) atoms. The summed E-state index contributed by atoms with van der Waals surface area (Å²) in [5.41, 5.74) is 6.84. The lowest BCUT2D eigenvalue weighted by atomic mass is 10.1. The lowest BCUT2D eigenvalue weighted by Crippen LogP contribution is -2.27. The van der Waals surface area contributed by atoms with E-state index in [2.05, 4.69) is 30.5 Å². The van der Waals surface area contributed by atoms with E-state index in [4.69, 9.17) is 4.98 Å². The lowest BCUT2D eigenvalue weighted by molar-refractivity contribution is -0.116. The van der Waals surface area contributed by atoms with E-state index in [1.54, 1.807) is 30.4 Å². The number of hydrogen-bond acceptors (Lipinski definition) is 8. The Labute approximate surface area is 227 Å². The Morgan fingerprint density at radius 3 is 2.64 bits per heavy atom. The Morgan fingerprint density at radius 2 is 1.85 bits per heavy atom. The Bertz CT molecular complexity index is 1870. The Kier molecular flexibility index (Phi) is 6.21. The third-order valence-corrected chi connectivity index (χ3v) is 7.42. The van der Waals surface area contributed by atoms with Crippen molar-refractivity contribution in [3.05, 3.63) is 66.1 Å². The van der Waals surface area contributed by atoms with Gasteiger partial charge in [0.1, 0.15) is 11.2 Å². The normalized spacial score (nSPS) is 11.5. The number of carbonyl (C=O) groups is 2. The number of H-pyrrole nitrogens is 2. The number of pyridine rings is 3. The minimum Gasteiger partial charge on any atom is -0.352 e. The molecule has 194 valence electrons. The average Bonchev–Trinajstić information content (AvgIpc) is 3.65. The van der Waals surface area contributed by atoms with Crippen molar-refractivity contribution >= 4 is 50.7 Å². The van der Waals surface area contributed by atoms with Crippen LogP contribution in [0.1, 0.15) is 16.6 Å². The minimum absolute atomic E-state index is 0.0442. The van der Waals surface area contributed by atoms with Crippen LogP contribution in [-0.2, 0) is 4.79 Å². The standard InChI is InChI=1S/C28H24N8O2S/c1-15(37)24-6-7-25(39-24)19-12-30-13-23-18(19)9-22(32-23)28-27-21(34-35-28)5-4-20(33-27)16-8-17(11-29-10-16)31-26(38)14-36(2)3/h4-13,32H,14H2,1-3H3,(H,31,38)(H,34,35). The Balaban J connectivity index is 1.37. The van der Waals surface area contributed by atoms with Gasteiger partial charge in [0.15, 0.2) is 5.78 Å². The van der Waals surface area contributed by atoms with Gasteiger partial charge in [0.05, 0.1) is 51.9 Å². The fourth-order valence-corrected chi connectivity index (χ4v) is 5.36. The summed E-state index contributed by atoms with van der Waals surface area (Å²) in [4.78, 5) is 44.5. The van der Waals surface area contributed by atoms with E-state index in [1.807, 2.05) is 56.7 Å². The van der Waals surface area contributed by atoms with Crippen molar-refractivity contribution in [2.45, 2.75) is 6.92 Å². The van der Waals surface area contributed by atoms with Gasteiger partial charge in [0.25, 0.3) is 0 Å². The van der Waals surface area contributed by atoms with Crippen molar-refractivity contribution in [2.24, 2.45) is 0 Å². The van der Waals surface area contributed by atoms with Crippen LogP contribution >= 0.6 is 11.3 Å². The van der Waals surface area contributed by atoms with E-state index in [1.165, 1.54) is 11.3 Å². The number of thiophene rings is 1. The number of ketones is 1. The predicted octanol–water partition coefficient (Wildman–Crippen LogP) is 4.99. The van der Waals surface area contributed by atoms with Crippen LogP contribution in [0.25, 0.3) is 55.0 Å². The highest BCUT2D eigenvalue weighted by atomic mass is 32.1. The van der Waals surface area contributed by atoms with Gasteiger partial charge >= 0.3 is 0 Å². The number of nitrogens with zero attached hydrogens (tertiary/aromatic N) is 5. The summed E-state index contributed by atoms with van der Waals surface area (Å²) in [6.07, 6.45) is 6.91. The van der Waals surface area contributed by atoms with Crippen molar-refractivity contribution in [2.75, 3.05) is 26.0 Å². The Hall–Kier alpha value is -4.74. The zero-order valence-corrected chi connectivity index (χ0v) is 22.3. The van der Waals surface area contributed by atoms with Gasteiger partial charge in [-0.25, -0.2) is 4.98 Å².